The van der Waals surface area contributed by atoms with Crippen molar-refractivity contribution in [2.24, 2.45) is 0 Å². The van der Waals surface area contributed by atoms with Gasteiger partial charge < -0.3 is 15.7 Å². The number of carbonyl (C=O) groups is 1. The molecule has 1 saturated heterocycles. The number of aromatic nitrogens is 1. The molecular weight excluding hydrogens is 370 g/mol. The highest BCUT2D eigenvalue weighted by molar-refractivity contribution is 7.13. The van der Waals surface area contributed by atoms with Crippen LogP contribution in [0.15, 0.2) is 60.0 Å². The van der Waals surface area contributed by atoms with Crippen LogP contribution < -0.4 is 5.73 Å². The summed E-state index contributed by atoms with van der Waals surface area (Å²) < 4.78 is 0. The van der Waals surface area contributed by atoms with E-state index in [2.05, 4.69) is 17.1 Å². The molecule has 1 aliphatic heterocycles. The van der Waals surface area contributed by atoms with Gasteiger partial charge in [0.25, 0.3) is 5.91 Å². The van der Waals surface area contributed by atoms with Gasteiger partial charge in [-0.1, -0.05) is 42.5 Å². The minimum absolute atomic E-state index is 0.0193. The van der Waals surface area contributed by atoms with Crippen molar-refractivity contribution < 1.29 is 9.90 Å². The van der Waals surface area contributed by atoms with Crippen molar-refractivity contribution in [3.63, 3.8) is 0 Å². The third-order valence-corrected chi connectivity index (χ3v) is 6.30. The van der Waals surface area contributed by atoms with E-state index >= 15 is 0 Å². The topological polar surface area (TPSA) is 79.5 Å². The zero-order valence-corrected chi connectivity index (χ0v) is 16.4. The van der Waals surface area contributed by atoms with Crippen LogP contribution in [0.25, 0.3) is 0 Å². The number of aliphatic hydroxyl groups is 1. The third kappa shape index (κ3) is 3.41. The van der Waals surface area contributed by atoms with Crippen molar-refractivity contribution in [1.82, 2.24) is 9.88 Å². The van der Waals surface area contributed by atoms with Crippen LogP contribution in [0.5, 0.6) is 0 Å². The van der Waals surface area contributed by atoms with Gasteiger partial charge in [-0.3, -0.25) is 4.79 Å². The van der Waals surface area contributed by atoms with Crippen LogP contribution in [0.4, 0.5) is 5.13 Å². The summed E-state index contributed by atoms with van der Waals surface area (Å²) in [5.74, 6) is 0.0314. The van der Waals surface area contributed by atoms with Gasteiger partial charge in [-0.05, 0) is 36.1 Å². The van der Waals surface area contributed by atoms with E-state index in [0.717, 1.165) is 24.1 Å². The van der Waals surface area contributed by atoms with E-state index in [1.54, 1.807) is 24.3 Å². The Hall–Kier alpha value is -2.70. The Morgan fingerprint density at radius 1 is 1.11 bits per heavy atom. The first-order chi connectivity index (χ1) is 13.6. The fourth-order valence-electron chi connectivity index (χ4n) is 3.98. The molecule has 0 aliphatic carbocycles. The number of nitrogen functional groups attached to an aromatic ring is 1. The summed E-state index contributed by atoms with van der Waals surface area (Å²) in [5.41, 5.74) is 9.39. The highest BCUT2D eigenvalue weighted by Gasteiger charge is 2.40. The smallest absolute Gasteiger partial charge is 0.253 e. The van der Waals surface area contributed by atoms with E-state index in [1.165, 1.54) is 16.9 Å². The van der Waals surface area contributed by atoms with Gasteiger partial charge in [0.1, 0.15) is 0 Å². The molecule has 1 fully saturated rings. The minimum atomic E-state index is -0.215. The molecule has 2 aromatic carbocycles. The Balaban J connectivity index is 1.57. The lowest BCUT2D eigenvalue weighted by molar-refractivity contribution is 0.0684. The number of likely N-dealkylation sites (tertiary alicyclic amines) is 1. The second-order valence-electron chi connectivity index (χ2n) is 7.17. The van der Waals surface area contributed by atoms with E-state index in [1.807, 2.05) is 28.5 Å². The number of hydrogen-bond donors (Lipinski definition) is 2. The van der Waals surface area contributed by atoms with Gasteiger partial charge in [-0.2, -0.15) is 0 Å². The number of nitrogens with two attached hydrogens (primary N) is 1. The summed E-state index contributed by atoms with van der Waals surface area (Å²) in [7, 11) is 0. The number of thiazole rings is 1. The number of aliphatic hydroxyl groups excluding tert-OH is 1. The normalized spacial score (nSPS) is 16.1. The molecule has 6 heteroatoms. The molecule has 0 radical (unpaired) electrons. The van der Waals surface area contributed by atoms with Gasteiger partial charge in [-0.25, -0.2) is 4.98 Å². The van der Waals surface area contributed by atoms with Gasteiger partial charge in [0, 0.05) is 29.4 Å². The average molecular weight is 394 g/mol. The maximum Gasteiger partial charge on any atom is 0.253 e. The summed E-state index contributed by atoms with van der Waals surface area (Å²) in [5, 5.41) is 11.8. The SMILES string of the molecule is Nc1nc(C2(c3ccccc3)CCN(C(=O)c3ccc(CO)cc3)CC2)cs1. The van der Waals surface area contributed by atoms with E-state index in [0.29, 0.717) is 23.8 Å². The van der Waals surface area contributed by atoms with Gasteiger partial charge in [0.15, 0.2) is 5.13 Å². The van der Waals surface area contributed by atoms with Crippen LogP contribution in [0.1, 0.15) is 40.0 Å². The Bertz CT molecular complexity index is 945. The molecule has 0 bridgehead atoms. The Kier molecular flexibility index (Phi) is 5.15. The van der Waals surface area contributed by atoms with Crippen LogP contribution >= 0.6 is 11.3 Å². The molecule has 28 heavy (non-hydrogen) atoms. The molecule has 0 spiro atoms. The molecule has 3 aromatic rings. The first kappa shape index (κ1) is 18.7. The maximum atomic E-state index is 12.9. The van der Waals surface area contributed by atoms with E-state index < -0.39 is 0 Å². The molecule has 0 atom stereocenters. The Morgan fingerprint density at radius 3 is 2.36 bits per heavy atom. The third-order valence-electron chi connectivity index (χ3n) is 5.63. The van der Waals surface area contributed by atoms with Crippen LogP contribution in [0.3, 0.4) is 0 Å². The lowest BCUT2D eigenvalue weighted by Crippen LogP contribution is -2.46. The molecule has 0 saturated carbocycles. The largest absolute Gasteiger partial charge is 0.392 e. The summed E-state index contributed by atoms with van der Waals surface area (Å²) in [6.07, 6.45) is 1.61. The van der Waals surface area contributed by atoms with Crippen LogP contribution in [0.2, 0.25) is 0 Å². The predicted octanol–water partition coefficient (Wildman–Crippen LogP) is 3.44. The van der Waals surface area contributed by atoms with E-state index in [4.69, 9.17) is 5.73 Å². The lowest BCUT2D eigenvalue weighted by Gasteiger charge is -2.41. The second-order valence-corrected chi connectivity index (χ2v) is 8.06. The zero-order valence-electron chi connectivity index (χ0n) is 15.5. The molecule has 144 valence electrons. The van der Waals surface area contributed by atoms with Crippen molar-refractivity contribution in [3.05, 3.63) is 82.4 Å². The molecule has 0 unspecified atom stereocenters. The number of benzene rings is 2. The van der Waals surface area contributed by atoms with Crippen molar-refractivity contribution in [2.75, 3.05) is 18.8 Å². The molecule has 1 amide bonds. The van der Waals surface area contributed by atoms with Crippen molar-refractivity contribution in [1.29, 1.82) is 0 Å². The van der Waals surface area contributed by atoms with Gasteiger partial charge in [-0.15, -0.1) is 11.3 Å². The van der Waals surface area contributed by atoms with Gasteiger partial charge >= 0.3 is 0 Å². The van der Waals surface area contributed by atoms with Gasteiger partial charge in [0.05, 0.1) is 12.3 Å². The first-order valence-corrected chi connectivity index (χ1v) is 10.3. The van der Waals surface area contributed by atoms with Gasteiger partial charge in [0.2, 0.25) is 0 Å². The standard InChI is InChI=1S/C22H23N3O2S/c23-21-24-19(15-28-21)22(18-4-2-1-3-5-18)10-12-25(13-11-22)20(27)17-8-6-16(14-26)7-9-17/h1-9,15,26H,10-14H2,(H2,23,24). The zero-order chi connectivity index (χ0) is 19.6. The van der Waals surface area contributed by atoms with E-state index in [-0.39, 0.29) is 17.9 Å². The number of amides is 1. The fraction of sp³-hybridized carbons (Fsp3) is 0.273. The molecule has 1 aromatic heterocycles. The van der Waals surface area contributed by atoms with Crippen molar-refractivity contribution in [2.45, 2.75) is 24.9 Å². The molecule has 1 aliphatic rings. The summed E-state index contributed by atoms with van der Waals surface area (Å²) >= 11 is 1.46. The Morgan fingerprint density at radius 2 is 1.79 bits per heavy atom. The summed E-state index contributed by atoms with van der Waals surface area (Å²) in [6.45, 7) is 1.30. The first-order valence-electron chi connectivity index (χ1n) is 9.38. The van der Waals surface area contributed by atoms with E-state index in [9.17, 15) is 9.90 Å². The number of piperidine rings is 1. The minimum Gasteiger partial charge on any atom is -0.392 e. The highest BCUT2D eigenvalue weighted by Crippen LogP contribution is 2.42. The number of hydrogen-bond acceptors (Lipinski definition) is 5. The summed E-state index contributed by atoms with van der Waals surface area (Å²) in [4.78, 5) is 19.4. The Labute approximate surface area is 168 Å². The molecule has 4 rings (SSSR count). The average Bonchev–Trinajstić information content (AvgIpc) is 3.21. The molecule has 5 nitrogen and oxygen atoms in total. The van der Waals surface area contributed by atoms with Crippen molar-refractivity contribution in [3.8, 4) is 0 Å². The lowest BCUT2D eigenvalue weighted by atomic mass is 9.70. The van der Waals surface area contributed by atoms with Crippen LogP contribution in [0, 0.1) is 0 Å². The predicted molar refractivity (Wildman–Crippen MR) is 111 cm³/mol. The number of rotatable bonds is 4. The van der Waals surface area contributed by atoms with Crippen molar-refractivity contribution >= 4 is 22.4 Å². The second kappa shape index (κ2) is 7.73. The fourth-order valence-corrected chi connectivity index (χ4v) is 4.65. The highest BCUT2D eigenvalue weighted by atomic mass is 32.1. The van der Waals surface area contributed by atoms with Crippen LogP contribution in [-0.4, -0.2) is 34.0 Å². The monoisotopic (exact) mass is 393 g/mol. The number of carbonyl (C=O) groups excluding carboxylic acids is 1. The molecule has 3 N–H and O–H groups in total. The quantitative estimate of drug-likeness (QED) is 0.712. The number of anilines is 1. The summed E-state index contributed by atoms with van der Waals surface area (Å²) in [6, 6.07) is 17.6. The van der Waals surface area contributed by atoms with Crippen LogP contribution in [-0.2, 0) is 12.0 Å². The molecular formula is C22H23N3O2S. The number of nitrogens with zero attached hydrogens (tertiary/aromatic N) is 2. The molecule has 2 heterocycles. The maximum absolute atomic E-state index is 12.9.